The van der Waals surface area contributed by atoms with Crippen molar-refractivity contribution in [2.45, 2.75) is 20.3 Å². The van der Waals surface area contributed by atoms with Crippen LogP contribution < -0.4 is 10.5 Å². The van der Waals surface area contributed by atoms with Crippen molar-refractivity contribution in [3.8, 4) is 5.75 Å². The number of anilines is 1. The molecule has 0 aliphatic rings. The minimum absolute atomic E-state index is 0.0223. The zero-order valence-corrected chi connectivity index (χ0v) is 16.0. The van der Waals surface area contributed by atoms with E-state index in [4.69, 9.17) is 21.3 Å². The highest BCUT2D eigenvalue weighted by Crippen LogP contribution is 2.21. The standard InChI is InChI=1S/C20H25N5O3/c1-3-14(11-28-17-8-7-13(2)9-15(17)20(26)27)10-25(12-21)19(23)16-5-4-6-18(22)24-16/h4-9,12,14,21,23H,3,10-11H2,1-2H3,(H2,22,24)(H,26,27)/t14-/m1/s1. The number of aryl methyl sites for hydroxylation is 1. The second kappa shape index (κ2) is 9.50. The summed E-state index contributed by atoms with van der Waals surface area (Å²) in [5, 5.41) is 25.3. The molecule has 0 unspecified atom stereocenters. The molecule has 28 heavy (non-hydrogen) atoms. The lowest BCUT2D eigenvalue weighted by atomic mass is 10.1. The Balaban J connectivity index is 2.08. The van der Waals surface area contributed by atoms with E-state index in [0.29, 0.717) is 23.8 Å². The Morgan fingerprint density at radius 1 is 1.39 bits per heavy atom. The number of carboxylic acids is 1. The number of nitrogens with zero attached hydrogens (tertiary/aromatic N) is 2. The number of pyridine rings is 1. The second-order valence-electron chi connectivity index (χ2n) is 6.47. The molecule has 0 fully saturated rings. The van der Waals surface area contributed by atoms with Gasteiger partial charge in [-0.05, 0) is 37.6 Å². The van der Waals surface area contributed by atoms with Gasteiger partial charge in [0.1, 0.15) is 22.8 Å². The maximum absolute atomic E-state index is 11.4. The van der Waals surface area contributed by atoms with Crippen molar-refractivity contribution < 1.29 is 14.6 Å². The Hall–Kier alpha value is -3.42. The third kappa shape index (κ3) is 5.29. The molecule has 5 N–H and O–H groups in total. The maximum atomic E-state index is 11.4. The molecule has 1 aromatic heterocycles. The van der Waals surface area contributed by atoms with Crippen LogP contribution in [0.3, 0.4) is 0 Å². The van der Waals surface area contributed by atoms with Crippen LogP contribution in [0.4, 0.5) is 5.82 Å². The first-order chi connectivity index (χ1) is 13.3. The predicted molar refractivity (Wildman–Crippen MR) is 108 cm³/mol. The quantitative estimate of drug-likeness (QED) is 0.388. The first-order valence-corrected chi connectivity index (χ1v) is 8.91. The summed E-state index contributed by atoms with van der Waals surface area (Å²) in [5.74, 6) is -0.371. The Morgan fingerprint density at radius 3 is 2.75 bits per heavy atom. The van der Waals surface area contributed by atoms with Crippen LogP contribution >= 0.6 is 0 Å². The number of nitrogen functional groups attached to an aromatic ring is 1. The topological polar surface area (TPSA) is 136 Å². The number of hydrogen-bond acceptors (Lipinski definition) is 6. The zero-order chi connectivity index (χ0) is 20.7. The van der Waals surface area contributed by atoms with Gasteiger partial charge < -0.3 is 20.5 Å². The average Bonchev–Trinajstić information content (AvgIpc) is 2.68. The minimum Gasteiger partial charge on any atom is -0.492 e. The van der Waals surface area contributed by atoms with Crippen molar-refractivity contribution in [3.05, 3.63) is 53.2 Å². The molecule has 0 saturated heterocycles. The van der Waals surface area contributed by atoms with Crippen LogP contribution in [0.15, 0.2) is 36.4 Å². The van der Waals surface area contributed by atoms with E-state index in [1.165, 1.54) is 4.90 Å². The van der Waals surface area contributed by atoms with Gasteiger partial charge in [0.2, 0.25) is 0 Å². The molecule has 8 heteroatoms. The molecule has 0 spiro atoms. The third-order valence-electron chi connectivity index (χ3n) is 4.33. The molecule has 1 aromatic carbocycles. The number of carbonyl (C=O) groups is 1. The summed E-state index contributed by atoms with van der Waals surface area (Å²) in [4.78, 5) is 17.0. The van der Waals surface area contributed by atoms with Gasteiger partial charge >= 0.3 is 5.97 Å². The Bertz CT molecular complexity index is 869. The molecular weight excluding hydrogens is 358 g/mol. The lowest BCUT2D eigenvalue weighted by molar-refractivity contribution is 0.0691. The van der Waals surface area contributed by atoms with Crippen LogP contribution in [-0.2, 0) is 0 Å². The smallest absolute Gasteiger partial charge is 0.339 e. The van der Waals surface area contributed by atoms with Gasteiger partial charge in [-0.2, -0.15) is 0 Å². The minimum atomic E-state index is -1.04. The largest absolute Gasteiger partial charge is 0.492 e. The van der Waals surface area contributed by atoms with E-state index in [1.807, 2.05) is 13.8 Å². The van der Waals surface area contributed by atoms with E-state index in [2.05, 4.69) is 4.98 Å². The van der Waals surface area contributed by atoms with Crippen LogP contribution in [0.5, 0.6) is 5.75 Å². The Morgan fingerprint density at radius 2 is 2.14 bits per heavy atom. The number of nitrogens with two attached hydrogens (primary N) is 1. The Labute approximate surface area is 164 Å². The molecule has 1 atom stereocenters. The molecule has 2 aromatic rings. The van der Waals surface area contributed by atoms with Gasteiger partial charge in [-0.3, -0.25) is 10.8 Å². The van der Waals surface area contributed by atoms with Gasteiger partial charge in [-0.1, -0.05) is 24.6 Å². The fourth-order valence-corrected chi connectivity index (χ4v) is 2.66. The molecular formula is C20H25N5O3. The fraction of sp³-hybridized carbons (Fsp3) is 0.300. The fourth-order valence-electron chi connectivity index (χ4n) is 2.66. The number of amidine groups is 1. The van der Waals surface area contributed by atoms with E-state index < -0.39 is 5.97 Å². The summed E-state index contributed by atoms with van der Waals surface area (Å²) in [6.07, 6.45) is 1.81. The third-order valence-corrected chi connectivity index (χ3v) is 4.33. The summed E-state index contributed by atoms with van der Waals surface area (Å²) in [5.41, 5.74) is 7.02. The van der Waals surface area contributed by atoms with E-state index >= 15 is 0 Å². The number of aromatic nitrogens is 1. The first kappa shape index (κ1) is 20.9. The summed E-state index contributed by atoms with van der Waals surface area (Å²) in [6.45, 7) is 4.43. The second-order valence-corrected chi connectivity index (χ2v) is 6.47. The van der Waals surface area contributed by atoms with Crippen LogP contribution in [0.1, 0.15) is 35.0 Å². The monoisotopic (exact) mass is 383 g/mol. The van der Waals surface area contributed by atoms with Gasteiger partial charge in [0.15, 0.2) is 5.84 Å². The normalized spacial score (nSPS) is 11.5. The van der Waals surface area contributed by atoms with Crippen molar-refractivity contribution >= 4 is 24.0 Å². The number of benzene rings is 1. The molecule has 0 aliphatic carbocycles. The lowest BCUT2D eigenvalue weighted by Gasteiger charge is -2.25. The molecule has 0 bridgehead atoms. The molecule has 2 rings (SSSR count). The van der Waals surface area contributed by atoms with Gasteiger partial charge in [-0.25, -0.2) is 9.78 Å². The molecule has 0 amide bonds. The van der Waals surface area contributed by atoms with Crippen molar-refractivity contribution in [1.82, 2.24) is 9.88 Å². The molecule has 8 nitrogen and oxygen atoms in total. The highest BCUT2D eigenvalue weighted by atomic mass is 16.5. The molecule has 0 aliphatic heterocycles. The van der Waals surface area contributed by atoms with E-state index in [1.54, 1.807) is 36.4 Å². The average molecular weight is 383 g/mol. The number of nitrogens with one attached hydrogen (secondary N) is 2. The van der Waals surface area contributed by atoms with Crippen LogP contribution in [-0.4, -0.2) is 46.3 Å². The number of carboxylic acid groups (broad SMARTS) is 1. The van der Waals surface area contributed by atoms with E-state index in [9.17, 15) is 9.90 Å². The highest BCUT2D eigenvalue weighted by molar-refractivity contribution is 6.00. The highest BCUT2D eigenvalue weighted by Gasteiger charge is 2.19. The SMILES string of the molecule is CC[C@@H](COc1ccc(C)cc1C(=O)O)CN(C=N)C(=N)c1cccc(N)n1. The van der Waals surface area contributed by atoms with Crippen LogP contribution in [0, 0.1) is 23.7 Å². The summed E-state index contributed by atoms with van der Waals surface area (Å²) >= 11 is 0. The summed E-state index contributed by atoms with van der Waals surface area (Å²) in [7, 11) is 0. The van der Waals surface area contributed by atoms with Gasteiger partial charge in [0, 0.05) is 12.5 Å². The number of ether oxygens (including phenoxy) is 1. The predicted octanol–water partition coefficient (Wildman–Crippen LogP) is 3.01. The lowest BCUT2D eigenvalue weighted by Crippen LogP contribution is -2.36. The summed E-state index contributed by atoms with van der Waals surface area (Å²) < 4.78 is 5.77. The van der Waals surface area contributed by atoms with Gasteiger partial charge in [0.05, 0.1) is 12.9 Å². The van der Waals surface area contributed by atoms with Crippen molar-refractivity contribution in [2.75, 3.05) is 18.9 Å². The number of hydrogen-bond donors (Lipinski definition) is 4. The molecule has 1 heterocycles. The molecule has 0 radical (unpaired) electrons. The van der Waals surface area contributed by atoms with Gasteiger partial charge in [0.25, 0.3) is 0 Å². The summed E-state index contributed by atoms with van der Waals surface area (Å²) in [6, 6.07) is 10.0. The van der Waals surface area contributed by atoms with Gasteiger partial charge in [-0.15, -0.1) is 0 Å². The Kier molecular flexibility index (Phi) is 7.08. The van der Waals surface area contributed by atoms with E-state index in [-0.39, 0.29) is 23.9 Å². The number of rotatable bonds is 9. The molecule has 0 saturated carbocycles. The van der Waals surface area contributed by atoms with Crippen molar-refractivity contribution in [1.29, 1.82) is 10.8 Å². The maximum Gasteiger partial charge on any atom is 0.339 e. The first-order valence-electron chi connectivity index (χ1n) is 8.91. The van der Waals surface area contributed by atoms with Crippen molar-refractivity contribution in [3.63, 3.8) is 0 Å². The zero-order valence-electron chi connectivity index (χ0n) is 16.0. The van der Waals surface area contributed by atoms with Crippen LogP contribution in [0.2, 0.25) is 0 Å². The van der Waals surface area contributed by atoms with Crippen LogP contribution in [0.25, 0.3) is 0 Å². The number of aromatic carboxylic acids is 1. The van der Waals surface area contributed by atoms with E-state index in [0.717, 1.165) is 18.3 Å². The molecule has 148 valence electrons. The van der Waals surface area contributed by atoms with Crippen molar-refractivity contribution in [2.24, 2.45) is 5.92 Å².